The molecule has 0 spiro atoms. The van der Waals surface area contributed by atoms with Gasteiger partial charge in [0.25, 0.3) is 0 Å². The van der Waals surface area contributed by atoms with Gasteiger partial charge in [-0.3, -0.25) is 4.67 Å². The van der Waals surface area contributed by atoms with Gasteiger partial charge in [-0.05, 0) is 47.0 Å². The summed E-state index contributed by atoms with van der Waals surface area (Å²) in [5.74, 6) is 0.451. The second kappa shape index (κ2) is 12.7. The van der Waals surface area contributed by atoms with Crippen molar-refractivity contribution in [1.82, 2.24) is 4.67 Å². The van der Waals surface area contributed by atoms with Crippen LogP contribution in [0.3, 0.4) is 0 Å². The van der Waals surface area contributed by atoms with Gasteiger partial charge in [-0.2, -0.15) is 0 Å². The fraction of sp³-hybridized carbons (Fsp3) is 1.00. The van der Waals surface area contributed by atoms with Crippen LogP contribution in [0, 0.1) is 5.92 Å². The summed E-state index contributed by atoms with van der Waals surface area (Å²) < 4.78 is 21.3. The summed E-state index contributed by atoms with van der Waals surface area (Å²) in [7, 11) is 1.54. The smallest absolute Gasteiger partial charge is 0.139 e. The maximum absolute atomic E-state index is 6.82. The van der Waals surface area contributed by atoms with E-state index in [1.165, 1.54) is 6.42 Å². The third kappa shape index (κ3) is 7.39. The maximum atomic E-state index is 6.82. The van der Waals surface area contributed by atoms with E-state index in [1.807, 2.05) is 0 Å². The highest BCUT2D eigenvalue weighted by Crippen LogP contribution is 2.49. The van der Waals surface area contributed by atoms with E-state index in [1.54, 1.807) is 0 Å². The molecule has 0 amide bonds. The van der Waals surface area contributed by atoms with Crippen molar-refractivity contribution in [3.8, 4) is 0 Å². The number of rotatable bonds is 13. The van der Waals surface area contributed by atoms with E-state index in [0.717, 1.165) is 38.6 Å². The van der Waals surface area contributed by atoms with Crippen LogP contribution in [-0.4, -0.2) is 62.2 Å². The summed E-state index contributed by atoms with van der Waals surface area (Å²) in [6.07, 6.45) is 5.95. The summed E-state index contributed by atoms with van der Waals surface area (Å²) in [5, 5.41) is 0. The van der Waals surface area contributed by atoms with Gasteiger partial charge in [0, 0.05) is 43.4 Å². The zero-order valence-electron chi connectivity index (χ0n) is 18.5. The highest BCUT2D eigenvalue weighted by atomic mass is 31.2. The van der Waals surface area contributed by atoms with Gasteiger partial charge in [0.1, 0.15) is 16.1 Å². The van der Waals surface area contributed by atoms with Gasteiger partial charge in [0.15, 0.2) is 0 Å². The molecule has 0 aromatic carbocycles. The van der Waals surface area contributed by atoms with Gasteiger partial charge in [-0.15, -0.1) is 0 Å². The highest BCUT2D eigenvalue weighted by Gasteiger charge is 2.41. The van der Waals surface area contributed by atoms with Crippen LogP contribution in [0.5, 0.6) is 0 Å². The van der Waals surface area contributed by atoms with E-state index in [0.29, 0.717) is 18.0 Å². The third-order valence-corrected chi connectivity index (χ3v) is 7.88. The van der Waals surface area contributed by atoms with Crippen molar-refractivity contribution >= 4 is 16.1 Å². The Morgan fingerprint density at radius 2 is 1.69 bits per heavy atom. The van der Waals surface area contributed by atoms with Crippen LogP contribution >= 0.6 is 8.30 Å². The molecule has 1 heterocycles. The Hall–Kier alpha value is 0.335. The highest BCUT2D eigenvalue weighted by molar-refractivity contribution is 7.50. The van der Waals surface area contributed by atoms with E-state index in [-0.39, 0.29) is 18.2 Å². The molecule has 0 bridgehead atoms. The molecule has 0 N–H and O–H groups in total. The summed E-state index contributed by atoms with van der Waals surface area (Å²) in [4.78, 5) is 0. The Morgan fingerprint density at radius 1 is 1.08 bits per heavy atom. The van der Waals surface area contributed by atoms with Crippen molar-refractivity contribution in [2.75, 3.05) is 19.4 Å². The standard InChI is InChI=1S/C20H43BNO3P/c1-8-10-12-23-13-11-14-26(22(15(3)4)16(5)6)25-19-17(7)20(21)24-18(19)9-2/h15-20H,8-14,21H2,1-7H3. The van der Waals surface area contributed by atoms with Crippen LogP contribution < -0.4 is 0 Å². The first-order valence-electron chi connectivity index (χ1n) is 10.8. The molecule has 1 saturated heterocycles. The van der Waals surface area contributed by atoms with Gasteiger partial charge >= 0.3 is 0 Å². The minimum absolute atomic E-state index is 0.210. The Morgan fingerprint density at radius 3 is 2.23 bits per heavy atom. The van der Waals surface area contributed by atoms with E-state index >= 15 is 0 Å². The summed E-state index contributed by atoms with van der Waals surface area (Å²) in [5.41, 5.74) is 0. The lowest BCUT2D eigenvalue weighted by molar-refractivity contribution is 0.0397. The van der Waals surface area contributed by atoms with Crippen LogP contribution in [0.25, 0.3) is 0 Å². The zero-order chi connectivity index (χ0) is 19.7. The first-order valence-corrected chi connectivity index (χ1v) is 12.2. The summed E-state index contributed by atoms with van der Waals surface area (Å²) >= 11 is 0. The minimum Gasteiger partial charge on any atom is -0.381 e. The molecular weight excluding hydrogens is 344 g/mol. The Kier molecular flexibility index (Phi) is 11.9. The molecule has 0 aromatic rings. The molecule has 0 aromatic heterocycles. The molecule has 1 aliphatic heterocycles. The molecule has 0 saturated carbocycles. The molecule has 4 nitrogen and oxygen atoms in total. The molecule has 5 atom stereocenters. The summed E-state index contributed by atoms with van der Waals surface area (Å²) in [6, 6.07) is 1.25. The topological polar surface area (TPSA) is 30.9 Å². The van der Waals surface area contributed by atoms with Gasteiger partial charge in [0.2, 0.25) is 0 Å². The van der Waals surface area contributed by atoms with Crippen molar-refractivity contribution in [2.45, 2.75) is 104 Å². The fourth-order valence-corrected chi connectivity index (χ4v) is 6.18. The molecule has 0 radical (unpaired) electrons. The average Bonchev–Trinajstić information content (AvgIpc) is 2.84. The predicted octanol–water partition coefficient (Wildman–Crippen LogP) is 4.41. The molecule has 1 aliphatic rings. The van der Waals surface area contributed by atoms with Crippen molar-refractivity contribution in [3.05, 3.63) is 0 Å². The van der Waals surface area contributed by atoms with E-state index in [9.17, 15) is 0 Å². The van der Waals surface area contributed by atoms with Gasteiger partial charge < -0.3 is 14.0 Å². The van der Waals surface area contributed by atoms with Crippen LogP contribution in [0.4, 0.5) is 0 Å². The lowest BCUT2D eigenvalue weighted by atomic mass is 9.86. The Bertz CT molecular complexity index is 365. The molecular formula is C20H43BNO3P. The second-order valence-electron chi connectivity index (χ2n) is 8.18. The molecule has 6 heteroatoms. The normalized spacial score (nSPS) is 27.8. The van der Waals surface area contributed by atoms with Gasteiger partial charge in [-0.1, -0.05) is 27.2 Å². The van der Waals surface area contributed by atoms with E-state index < -0.39 is 8.30 Å². The van der Waals surface area contributed by atoms with E-state index in [2.05, 4.69) is 61.0 Å². The SMILES string of the molecule is BC1OC(CC)C(OP(CCCOCCCC)N(C(C)C)C(C)C)C1C. The lowest BCUT2D eigenvalue weighted by Crippen LogP contribution is -2.37. The largest absolute Gasteiger partial charge is 0.381 e. The van der Waals surface area contributed by atoms with Crippen molar-refractivity contribution in [3.63, 3.8) is 0 Å². The number of hydrogen-bond acceptors (Lipinski definition) is 4. The van der Waals surface area contributed by atoms with Gasteiger partial charge in [0.05, 0.1) is 12.2 Å². The van der Waals surface area contributed by atoms with Crippen LogP contribution in [0.1, 0.15) is 74.1 Å². The van der Waals surface area contributed by atoms with Crippen LogP contribution in [0.15, 0.2) is 0 Å². The van der Waals surface area contributed by atoms with E-state index in [4.69, 9.17) is 14.0 Å². The maximum Gasteiger partial charge on any atom is 0.139 e. The fourth-order valence-electron chi connectivity index (χ4n) is 3.70. The van der Waals surface area contributed by atoms with Crippen LogP contribution in [0.2, 0.25) is 0 Å². The summed E-state index contributed by atoms with van der Waals surface area (Å²) in [6.45, 7) is 17.5. The van der Waals surface area contributed by atoms with Crippen LogP contribution in [-0.2, 0) is 14.0 Å². The molecule has 1 rings (SSSR count). The third-order valence-electron chi connectivity index (χ3n) is 5.26. The van der Waals surface area contributed by atoms with Gasteiger partial charge in [-0.25, -0.2) is 0 Å². The predicted molar refractivity (Wildman–Crippen MR) is 116 cm³/mol. The molecule has 154 valence electrons. The second-order valence-corrected chi connectivity index (χ2v) is 10.0. The van der Waals surface area contributed by atoms with Crippen molar-refractivity contribution in [2.24, 2.45) is 5.92 Å². The Labute approximate surface area is 165 Å². The first kappa shape index (κ1) is 24.4. The lowest BCUT2D eigenvalue weighted by Gasteiger charge is -2.39. The average molecular weight is 387 g/mol. The number of hydrogen-bond donors (Lipinski definition) is 0. The quantitative estimate of drug-likeness (QED) is 0.266. The number of ether oxygens (including phenoxy) is 2. The zero-order valence-corrected chi connectivity index (χ0v) is 19.4. The van der Waals surface area contributed by atoms with Crippen molar-refractivity contribution < 1.29 is 14.0 Å². The first-order chi connectivity index (χ1) is 12.3. The molecule has 0 aliphatic carbocycles. The monoisotopic (exact) mass is 387 g/mol. The molecule has 1 fully saturated rings. The number of nitrogens with zero attached hydrogens (tertiary/aromatic N) is 1. The Balaban J connectivity index is 2.73. The molecule has 5 unspecified atom stereocenters. The minimum atomic E-state index is -0.643. The number of unbranched alkanes of at least 4 members (excludes halogenated alkanes) is 1. The van der Waals surface area contributed by atoms with Crippen molar-refractivity contribution in [1.29, 1.82) is 0 Å². The molecule has 26 heavy (non-hydrogen) atoms.